The van der Waals surface area contributed by atoms with Crippen molar-refractivity contribution in [1.29, 1.82) is 0 Å². The van der Waals surface area contributed by atoms with Gasteiger partial charge in [-0.3, -0.25) is 14.5 Å². The van der Waals surface area contributed by atoms with Crippen LogP contribution in [0.1, 0.15) is 54.5 Å². The van der Waals surface area contributed by atoms with E-state index >= 15 is 0 Å². The highest BCUT2D eigenvalue weighted by molar-refractivity contribution is 5.78. The molecule has 5 heteroatoms. The lowest BCUT2D eigenvalue weighted by atomic mass is 9.91. The van der Waals surface area contributed by atoms with Gasteiger partial charge in [0.2, 0.25) is 11.8 Å². The summed E-state index contributed by atoms with van der Waals surface area (Å²) in [5, 5.41) is 3.11. The second-order valence-corrected chi connectivity index (χ2v) is 8.31. The maximum atomic E-state index is 12.7. The fourth-order valence-corrected chi connectivity index (χ4v) is 4.77. The summed E-state index contributed by atoms with van der Waals surface area (Å²) in [5.41, 5.74) is 4.97. The largest absolute Gasteiger partial charge is 0.351 e. The Kier molecular flexibility index (Phi) is 6.48. The second kappa shape index (κ2) is 9.43. The molecule has 0 bridgehead atoms. The number of rotatable bonds is 7. The summed E-state index contributed by atoms with van der Waals surface area (Å²) in [5.74, 6) is 0.282. The molecule has 2 aromatic rings. The van der Waals surface area contributed by atoms with E-state index in [1.54, 1.807) is 0 Å². The minimum absolute atomic E-state index is 0.0554. The van der Waals surface area contributed by atoms with Crippen molar-refractivity contribution >= 4 is 11.8 Å². The van der Waals surface area contributed by atoms with E-state index in [0.717, 1.165) is 43.5 Å². The molecule has 2 amide bonds. The number of carbonyl (C=O) groups is 2. The lowest BCUT2D eigenvalue weighted by Crippen LogP contribution is -2.42. The highest BCUT2D eigenvalue weighted by Gasteiger charge is 2.27. The number of hydrogen-bond donors (Lipinski definition) is 1. The maximum Gasteiger partial charge on any atom is 0.234 e. The third kappa shape index (κ3) is 4.57. The van der Waals surface area contributed by atoms with Crippen molar-refractivity contribution in [3.05, 3.63) is 70.8 Å². The van der Waals surface area contributed by atoms with Crippen LogP contribution in [0.3, 0.4) is 0 Å². The topological polar surface area (TPSA) is 52.7 Å². The first-order chi connectivity index (χ1) is 14.7. The molecular weight excluding hydrogens is 374 g/mol. The zero-order valence-corrected chi connectivity index (χ0v) is 17.8. The Morgan fingerprint density at radius 3 is 2.57 bits per heavy atom. The minimum Gasteiger partial charge on any atom is -0.351 e. The molecule has 30 heavy (non-hydrogen) atoms. The highest BCUT2D eigenvalue weighted by atomic mass is 16.2. The average molecular weight is 406 g/mol. The maximum absolute atomic E-state index is 12.7. The number of likely N-dealkylation sites (tertiary alicyclic amines) is 1. The van der Waals surface area contributed by atoms with Crippen LogP contribution >= 0.6 is 0 Å². The first-order valence-corrected chi connectivity index (χ1v) is 11.1. The summed E-state index contributed by atoms with van der Waals surface area (Å²) in [6.07, 6.45) is 3.58. The zero-order valence-electron chi connectivity index (χ0n) is 17.8. The monoisotopic (exact) mass is 405 g/mol. The number of benzene rings is 2. The third-order valence-corrected chi connectivity index (χ3v) is 6.38. The Hall–Kier alpha value is -2.66. The molecule has 2 aliphatic heterocycles. The van der Waals surface area contributed by atoms with Gasteiger partial charge in [0.25, 0.3) is 0 Å². The van der Waals surface area contributed by atoms with Gasteiger partial charge in [-0.25, -0.2) is 0 Å². The predicted octanol–water partition coefficient (Wildman–Crippen LogP) is 3.43. The molecule has 1 fully saturated rings. The minimum atomic E-state index is 0.0554. The molecular formula is C25H31N3O2. The van der Waals surface area contributed by atoms with E-state index in [1.807, 2.05) is 23.1 Å². The van der Waals surface area contributed by atoms with Gasteiger partial charge in [-0.15, -0.1) is 0 Å². The quantitative estimate of drug-likeness (QED) is 0.768. The fraction of sp³-hybridized carbons (Fsp3) is 0.440. The summed E-state index contributed by atoms with van der Waals surface area (Å²) in [7, 11) is 0. The Morgan fingerprint density at radius 2 is 1.80 bits per heavy atom. The van der Waals surface area contributed by atoms with Gasteiger partial charge in [-0.05, 0) is 41.5 Å². The van der Waals surface area contributed by atoms with Crippen molar-refractivity contribution in [2.24, 2.45) is 0 Å². The van der Waals surface area contributed by atoms with Gasteiger partial charge < -0.3 is 10.2 Å². The molecule has 0 spiro atoms. The molecule has 1 unspecified atom stereocenters. The molecule has 1 saturated heterocycles. The van der Waals surface area contributed by atoms with Crippen LogP contribution in [0.4, 0.5) is 0 Å². The Morgan fingerprint density at radius 1 is 1.03 bits per heavy atom. The third-order valence-electron chi connectivity index (χ3n) is 6.38. The van der Waals surface area contributed by atoms with Crippen molar-refractivity contribution in [2.75, 3.05) is 19.6 Å². The summed E-state index contributed by atoms with van der Waals surface area (Å²) in [6.45, 7) is 5.47. The highest BCUT2D eigenvalue weighted by Crippen LogP contribution is 2.31. The number of nitrogens with one attached hydrogen (secondary N) is 1. The second-order valence-electron chi connectivity index (χ2n) is 8.31. The molecule has 2 heterocycles. The number of nitrogens with zero attached hydrogens (tertiary/aromatic N) is 2. The predicted molar refractivity (Wildman–Crippen MR) is 118 cm³/mol. The molecule has 1 N–H and O–H groups in total. The average Bonchev–Trinajstić information content (AvgIpc) is 3.17. The van der Waals surface area contributed by atoms with Gasteiger partial charge in [0.1, 0.15) is 0 Å². The van der Waals surface area contributed by atoms with E-state index in [1.165, 1.54) is 11.1 Å². The number of carbonyl (C=O) groups excluding carboxylic acids is 2. The summed E-state index contributed by atoms with van der Waals surface area (Å²) >= 11 is 0. The molecule has 158 valence electrons. The number of amides is 2. The SMILES string of the molecule is CCC1c2ccccc2CCN1CC(=O)NCc1ccccc1CN1CCCC1=O. The van der Waals surface area contributed by atoms with Crippen molar-refractivity contribution in [1.82, 2.24) is 15.1 Å². The van der Waals surface area contributed by atoms with Crippen LogP contribution in [0.15, 0.2) is 48.5 Å². The lowest BCUT2D eigenvalue weighted by molar-refractivity contribution is -0.128. The van der Waals surface area contributed by atoms with Gasteiger partial charge in [-0.2, -0.15) is 0 Å². The molecule has 5 nitrogen and oxygen atoms in total. The molecule has 4 rings (SSSR count). The van der Waals surface area contributed by atoms with Crippen molar-refractivity contribution in [3.63, 3.8) is 0 Å². The van der Waals surface area contributed by atoms with Gasteiger partial charge in [0.15, 0.2) is 0 Å². The summed E-state index contributed by atoms with van der Waals surface area (Å²) < 4.78 is 0. The van der Waals surface area contributed by atoms with Crippen molar-refractivity contribution in [3.8, 4) is 0 Å². The van der Waals surface area contributed by atoms with Gasteiger partial charge in [0.05, 0.1) is 6.54 Å². The Balaban J connectivity index is 1.36. The zero-order chi connectivity index (χ0) is 20.9. The van der Waals surface area contributed by atoms with Crippen LogP contribution in [0, 0.1) is 0 Å². The molecule has 0 aliphatic carbocycles. The first-order valence-electron chi connectivity index (χ1n) is 11.1. The van der Waals surface area contributed by atoms with Crippen LogP contribution in [-0.4, -0.2) is 41.2 Å². The molecule has 0 radical (unpaired) electrons. The van der Waals surface area contributed by atoms with E-state index in [-0.39, 0.29) is 11.8 Å². The van der Waals surface area contributed by atoms with Crippen LogP contribution < -0.4 is 5.32 Å². The van der Waals surface area contributed by atoms with Crippen LogP contribution in [0.2, 0.25) is 0 Å². The van der Waals surface area contributed by atoms with Gasteiger partial charge >= 0.3 is 0 Å². The van der Waals surface area contributed by atoms with Crippen LogP contribution in [0.25, 0.3) is 0 Å². The van der Waals surface area contributed by atoms with Crippen molar-refractivity contribution in [2.45, 2.75) is 51.7 Å². The van der Waals surface area contributed by atoms with Crippen LogP contribution in [-0.2, 0) is 29.1 Å². The summed E-state index contributed by atoms with van der Waals surface area (Å²) in [6, 6.07) is 17.0. The number of hydrogen-bond acceptors (Lipinski definition) is 3. The smallest absolute Gasteiger partial charge is 0.234 e. The van der Waals surface area contributed by atoms with Gasteiger partial charge in [-0.1, -0.05) is 55.5 Å². The first kappa shape index (κ1) is 20.6. The van der Waals surface area contributed by atoms with Gasteiger partial charge in [0, 0.05) is 38.6 Å². The van der Waals surface area contributed by atoms with E-state index in [4.69, 9.17) is 0 Å². The molecule has 1 atom stereocenters. The number of fused-ring (bicyclic) bond motifs is 1. The van der Waals surface area contributed by atoms with E-state index < -0.39 is 0 Å². The fourth-order valence-electron chi connectivity index (χ4n) is 4.77. The van der Waals surface area contributed by atoms with Crippen molar-refractivity contribution < 1.29 is 9.59 Å². The summed E-state index contributed by atoms with van der Waals surface area (Å²) in [4.78, 5) is 28.9. The van der Waals surface area contributed by atoms with E-state index in [9.17, 15) is 9.59 Å². The van der Waals surface area contributed by atoms with E-state index in [0.29, 0.717) is 32.1 Å². The van der Waals surface area contributed by atoms with Crippen LogP contribution in [0.5, 0.6) is 0 Å². The lowest BCUT2D eigenvalue weighted by Gasteiger charge is -2.36. The van der Waals surface area contributed by atoms with E-state index in [2.05, 4.69) is 47.5 Å². The molecule has 2 aromatic carbocycles. The standard InChI is InChI=1S/C25H31N3O2/c1-2-23-22-11-6-5-8-19(22)13-15-27(23)18-24(29)26-16-20-9-3-4-10-21(20)17-28-14-7-12-25(28)30/h3-6,8-11,23H,2,7,12-18H2,1H3,(H,26,29). The molecule has 0 saturated carbocycles. The Bertz CT molecular complexity index is 911. The molecule has 2 aliphatic rings. The normalized spacial score (nSPS) is 19.0. The molecule has 0 aromatic heterocycles. The Labute approximate surface area is 179 Å².